The first-order valence-electron chi connectivity index (χ1n) is 13.7. The van der Waals surface area contributed by atoms with E-state index in [1.807, 2.05) is 130 Å². The van der Waals surface area contributed by atoms with Crippen LogP contribution in [0.4, 0.5) is 0 Å². The largest absolute Gasteiger partial charge is 0.228 e. The van der Waals surface area contributed by atoms with Gasteiger partial charge in [-0.05, 0) is 86.8 Å². The number of benzene rings is 2. The van der Waals surface area contributed by atoms with Crippen molar-refractivity contribution in [3.63, 3.8) is 0 Å². The summed E-state index contributed by atoms with van der Waals surface area (Å²) in [6, 6.07) is 20.2. The molecule has 0 radical (unpaired) electrons. The summed E-state index contributed by atoms with van der Waals surface area (Å²) in [5.41, 5.74) is 0.482. The maximum atomic E-state index is 5.73. The Balaban J connectivity index is 0.000000383. The first-order chi connectivity index (χ1) is 17.6. The van der Waals surface area contributed by atoms with Crippen molar-refractivity contribution in [2.24, 2.45) is 0 Å². The zero-order valence-electron chi connectivity index (χ0n) is 25.6. The second-order valence-corrected chi connectivity index (χ2v) is 12.4. The van der Waals surface area contributed by atoms with Crippen LogP contribution in [0.25, 0.3) is 0 Å². The molecule has 0 spiro atoms. The Hall–Kier alpha value is -1.80. The Morgan fingerprint density at radius 3 is 1.21 bits per heavy atom. The maximum Gasteiger partial charge on any atom is 0.224 e. The van der Waals surface area contributed by atoms with Gasteiger partial charge in [-0.15, -0.1) is 0 Å². The van der Waals surface area contributed by atoms with Crippen LogP contribution in [0.3, 0.4) is 0 Å². The summed E-state index contributed by atoms with van der Waals surface area (Å²) < 4.78 is 0. The third-order valence-electron chi connectivity index (χ3n) is 5.25. The van der Waals surface area contributed by atoms with Crippen LogP contribution in [-0.4, -0.2) is 17.5 Å². The Labute approximate surface area is 231 Å². The van der Waals surface area contributed by atoms with E-state index in [4.69, 9.17) is 29.3 Å². The molecule has 0 heterocycles. The van der Waals surface area contributed by atoms with Gasteiger partial charge >= 0.3 is 0 Å². The van der Waals surface area contributed by atoms with Crippen LogP contribution in [0.15, 0.2) is 60.7 Å². The lowest BCUT2D eigenvalue weighted by molar-refractivity contribution is -0.497. The summed E-state index contributed by atoms with van der Waals surface area (Å²) in [6.07, 6.45) is 3.62. The fourth-order valence-electron chi connectivity index (χ4n) is 3.05. The van der Waals surface area contributed by atoms with E-state index in [1.165, 1.54) is 0 Å². The molecule has 0 N–H and O–H groups in total. The van der Waals surface area contributed by atoms with Gasteiger partial charge in [-0.2, -0.15) is 0 Å². The molecule has 0 aliphatic heterocycles. The van der Waals surface area contributed by atoms with Crippen molar-refractivity contribution in [2.75, 3.05) is 0 Å². The minimum atomic E-state index is -0.493. The molecule has 0 bridgehead atoms. The minimum absolute atomic E-state index is 0.353. The quantitative estimate of drug-likeness (QED) is 0.111. The van der Waals surface area contributed by atoms with Crippen molar-refractivity contribution in [2.45, 2.75) is 131 Å². The fraction of sp³-hybridized carbons (Fsp3) is 0.625. The lowest BCUT2D eigenvalue weighted by Crippen LogP contribution is -2.29. The number of hydrogen-bond acceptors (Lipinski definition) is 6. The number of unbranched alkanes of at least 4 members (excludes halogenated alkanes) is 2. The van der Waals surface area contributed by atoms with E-state index in [2.05, 4.69) is 6.92 Å². The van der Waals surface area contributed by atoms with E-state index in [0.717, 1.165) is 36.8 Å². The highest BCUT2D eigenvalue weighted by Crippen LogP contribution is 2.31. The van der Waals surface area contributed by atoms with Crippen LogP contribution in [0.2, 0.25) is 0 Å². The predicted molar refractivity (Wildman–Crippen MR) is 153 cm³/mol. The molecular weight excluding hydrogens is 480 g/mol. The van der Waals surface area contributed by atoms with Crippen LogP contribution in [0, 0.1) is 0 Å². The molecule has 38 heavy (non-hydrogen) atoms. The summed E-state index contributed by atoms with van der Waals surface area (Å²) in [5, 5.41) is 0. The van der Waals surface area contributed by atoms with Crippen molar-refractivity contribution in [1.29, 1.82) is 0 Å². The molecule has 2 rings (SSSR count). The number of hydrogen-bond donors (Lipinski definition) is 0. The predicted octanol–water partition coefficient (Wildman–Crippen LogP) is 9.19. The van der Waals surface area contributed by atoms with E-state index in [9.17, 15) is 0 Å². The molecule has 0 aliphatic rings. The fourth-order valence-corrected chi connectivity index (χ4v) is 3.05. The van der Waals surface area contributed by atoms with Gasteiger partial charge < -0.3 is 0 Å². The molecular formula is C32H52O6. The third-order valence-corrected chi connectivity index (χ3v) is 5.25. The second kappa shape index (κ2) is 15.7. The molecule has 0 aliphatic carbocycles. The molecule has 0 unspecified atom stereocenters. The molecule has 0 amide bonds. The van der Waals surface area contributed by atoms with Crippen LogP contribution in [-0.2, 0) is 40.5 Å². The highest BCUT2D eigenvalue weighted by Gasteiger charge is 2.29. The molecule has 0 saturated carbocycles. The first-order valence-corrected chi connectivity index (χ1v) is 13.7. The molecule has 2 aromatic rings. The minimum Gasteiger partial charge on any atom is -0.228 e. The molecule has 0 atom stereocenters. The smallest absolute Gasteiger partial charge is 0.224 e. The van der Waals surface area contributed by atoms with Crippen LogP contribution >= 0.6 is 0 Å². The van der Waals surface area contributed by atoms with Gasteiger partial charge in [0.25, 0.3) is 0 Å². The van der Waals surface area contributed by atoms with Crippen molar-refractivity contribution >= 4 is 0 Å². The average molecular weight is 533 g/mol. The van der Waals surface area contributed by atoms with E-state index in [1.54, 1.807) is 0 Å². The van der Waals surface area contributed by atoms with Crippen molar-refractivity contribution in [1.82, 2.24) is 0 Å². The van der Waals surface area contributed by atoms with Crippen molar-refractivity contribution in [3.8, 4) is 0 Å². The summed E-state index contributed by atoms with van der Waals surface area (Å²) in [4.78, 5) is 32.6. The summed E-state index contributed by atoms with van der Waals surface area (Å²) in [7, 11) is 0. The molecule has 0 aromatic heterocycles. The molecule has 6 heteroatoms. The van der Waals surface area contributed by atoms with E-state index in [0.29, 0.717) is 0 Å². The Bertz CT molecular complexity index is 797. The van der Waals surface area contributed by atoms with Crippen LogP contribution in [0.1, 0.15) is 113 Å². The van der Waals surface area contributed by atoms with Gasteiger partial charge in [0, 0.05) is 6.42 Å². The Morgan fingerprint density at radius 1 is 0.526 bits per heavy atom. The number of rotatable bonds is 13. The summed E-state index contributed by atoms with van der Waals surface area (Å²) >= 11 is 0. The van der Waals surface area contributed by atoms with Gasteiger partial charge in [-0.1, -0.05) is 80.4 Å². The van der Waals surface area contributed by atoms with Gasteiger partial charge in [-0.3, -0.25) is 0 Å². The van der Waals surface area contributed by atoms with E-state index in [-0.39, 0.29) is 11.2 Å². The Morgan fingerprint density at radius 2 is 0.895 bits per heavy atom. The molecule has 6 nitrogen and oxygen atoms in total. The van der Waals surface area contributed by atoms with Gasteiger partial charge in [0.15, 0.2) is 0 Å². The normalized spacial score (nSPS) is 12.8. The molecule has 0 fully saturated rings. The van der Waals surface area contributed by atoms with Gasteiger partial charge in [0.1, 0.15) is 11.2 Å². The van der Waals surface area contributed by atoms with E-state index >= 15 is 0 Å². The zero-order chi connectivity index (χ0) is 28.9. The topological polar surface area (TPSA) is 55.4 Å². The third kappa shape index (κ3) is 15.0. The average Bonchev–Trinajstić information content (AvgIpc) is 2.85. The van der Waals surface area contributed by atoms with Gasteiger partial charge in [0.05, 0.1) is 11.2 Å². The lowest BCUT2D eigenvalue weighted by Gasteiger charge is -2.31. The first kappa shape index (κ1) is 34.2. The zero-order valence-corrected chi connectivity index (χ0v) is 25.6. The lowest BCUT2D eigenvalue weighted by atomic mass is 9.98. The highest BCUT2D eigenvalue weighted by molar-refractivity contribution is 5.22. The Kier molecular flexibility index (Phi) is 14.1. The SMILES string of the molecule is CC(C)(OOC(C)(C)c1ccccc1)c1ccccc1.CCCCCC(OOC(C)(C)C)OOC(C)(C)C. The van der Waals surface area contributed by atoms with Gasteiger partial charge in [-0.25, -0.2) is 29.3 Å². The molecule has 0 saturated heterocycles. The molecule has 2 aromatic carbocycles. The van der Waals surface area contributed by atoms with Crippen molar-refractivity contribution < 1.29 is 29.3 Å². The van der Waals surface area contributed by atoms with Gasteiger partial charge in [0.2, 0.25) is 6.29 Å². The van der Waals surface area contributed by atoms with Crippen molar-refractivity contribution in [3.05, 3.63) is 71.8 Å². The standard InChI is InChI=1S/C18H22O2.C14H30O4/c1-17(2,15-11-7-5-8-12-15)19-20-18(3,4)16-13-9-6-10-14-16;1-8-9-10-11-12(15-17-13(2,3)4)16-18-14(5,6)7/h5-14H,1-4H3;12H,8-11H2,1-7H3. The van der Waals surface area contributed by atoms with Crippen LogP contribution < -0.4 is 0 Å². The molecule has 216 valence electrons. The highest BCUT2D eigenvalue weighted by atomic mass is 17.3. The van der Waals surface area contributed by atoms with Crippen LogP contribution in [0.5, 0.6) is 0 Å². The second-order valence-electron chi connectivity index (χ2n) is 12.4. The maximum absolute atomic E-state index is 5.73. The summed E-state index contributed by atoms with van der Waals surface area (Å²) in [5.74, 6) is 0. The monoisotopic (exact) mass is 532 g/mol. The summed E-state index contributed by atoms with van der Waals surface area (Å²) in [6.45, 7) is 21.8. The van der Waals surface area contributed by atoms with E-state index < -0.39 is 17.5 Å².